The highest BCUT2D eigenvalue weighted by molar-refractivity contribution is 6.03. The summed E-state index contributed by atoms with van der Waals surface area (Å²) in [4.78, 5) is 21.4. The van der Waals surface area contributed by atoms with Gasteiger partial charge in [0.1, 0.15) is 17.3 Å². The summed E-state index contributed by atoms with van der Waals surface area (Å²) in [5.74, 6) is 2.49. The summed E-state index contributed by atoms with van der Waals surface area (Å²) in [7, 11) is 0. The fourth-order valence-electron chi connectivity index (χ4n) is 3.53. The summed E-state index contributed by atoms with van der Waals surface area (Å²) >= 11 is 0. The van der Waals surface area contributed by atoms with Crippen LogP contribution in [0, 0.1) is 6.92 Å². The molecule has 2 aromatic carbocycles. The molecular formula is C22H26N4O2. The molecule has 1 N–H and O–H groups in total. The molecule has 0 atom stereocenters. The first-order chi connectivity index (χ1) is 13.5. The highest BCUT2D eigenvalue weighted by Crippen LogP contribution is 2.38. The average molecular weight is 378 g/mol. The normalized spacial score (nSPS) is 15.9. The van der Waals surface area contributed by atoms with Crippen molar-refractivity contribution in [3.8, 4) is 11.5 Å². The number of urea groups is 1. The van der Waals surface area contributed by atoms with Crippen LogP contribution in [0.1, 0.15) is 25.0 Å². The summed E-state index contributed by atoms with van der Waals surface area (Å²) in [6.07, 6.45) is 0. The monoisotopic (exact) mass is 378 g/mol. The predicted molar refractivity (Wildman–Crippen MR) is 111 cm³/mol. The molecule has 2 amide bonds. The zero-order valence-corrected chi connectivity index (χ0v) is 16.6. The van der Waals surface area contributed by atoms with Gasteiger partial charge in [-0.1, -0.05) is 18.2 Å². The molecule has 0 aliphatic carbocycles. The SMILES string of the molecule is Cc1ccc2c(c1)Oc1ccccc1C(N1CCN(C(=O)NC(C)C)CC1)=N2. The van der Waals surface area contributed by atoms with Gasteiger partial charge in [0.15, 0.2) is 5.75 Å². The first-order valence-corrected chi connectivity index (χ1v) is 9.78. The number of fused-ring (bicyclic) bond motifs is 2. The molecule has 2 aromatic rings. The molecule has 1 fully saturated rings. The van der Waals surface area contributed by atoms with Crippen molar-refractivity contribution in [2.75, 3.05) is 26.2 Å². The molecule has 6 nitrogen and oxygen atoms in total. The van der Waals surface area contributed by atoms with Gasteiger partial charge < -0.3 is 19.9 Å². The van der Waals surface area contributed by atoms with E-state index in [4.69, 9.17) is 9.73 Å². The van der Waals surface area contributed by atoms with Gasteiger partial charge in [-0.25, -0.2) is 9.79 Å². The predicted octanol–water partition coefficient (Wildman–Crippen LogP) is 3.91. The Balaban J connectivity index is 1.61. The molecule has 146 valence electrons. The Morgan fingerprint density at radius 1 is 1.07 bits per heavy atom. The molecular weight excluding hydrogens is 352 g/mol. The van der Waals surface area contributed by atoms with Gasteiger partial charge in [0, 0.05) is 32.2 Å². The number of carbonyl (C=O) groups is 1. The second kappa shape index (κ2) is 7.54. The molecule has 4 rings (SSSR count). The minimum Gasteiger partial charge on any atom is -0.454 e. The number of ether oxygens (including phenoxy) is 1. The maximum absolute atomic E-state index is 12.3. The van der Waals surface area contributed by atoms with Crippen LogP contribution in [0.25, 0.3) is 0 Å². The topological polar surface area (TPSA) is 57.2 Å². The maximum Gasteiger partial charge on any atom is 0.317 e. The number of hydrogen-bond donors (Lipinski definition) is 1. The van der Waals surface area contributed by atoms with Crippen molar-refractivity contribution < 1.29 is 9.53 Å². The van der Waals surface area contributed by atoms with Crippen molar-refractivity contribution in [3.05, 3.63) is 53.6 Å². The summed E-state index contributed by atoms with van der Waals surface area (Å²) in [6, 6.07) is 14.2. The third-order valence-electron chi connectivity index (χ3n) is 4.97. The second-order valence-corrected chi connectivity index (χ2v) is 7.58. The molecule has 0 aromatic heterocycles. The second-order valence-electron chi connectivity index (χ2n) is 7.58. The molecule has 6 heteroatoms. The fourth-order valence-corrected chi connectivity index (χ4v) is 3.53. The zero-order chi connectivity index (χ0) is 19.7. The van der Waals surface area contributed by atoms with E-state index in [1.165, 1.54) is 0 Å². The molecule has 0 spiro atoms. The highest BCUT2D eigenvalue weighted by Gasteiger charge is 2.27. The summed E-state index contributed by atoms with van der Waals surface area (Å²) in [5, 5.41) is 2.97. The maximum atomic E-state index is 12.3. The smallest absolute Gasteiger partial charge is 0.317 e. The van der Waals surface area contributed by atoms with Gasteiger partial charge in [0.2, 0.25) is 0 Å². The van der Waals surface area contributed by atoms with Crippen molar-refractivity contribution in [3.63, 3.8) is 0 Å². The first-order valence-electron chi connectivity index (χ1n) is 9.78. The lowest BCUT2D eigenvalue weighted by atomic mass is 10.1. The van der Waals surface area contributed by atoms with E-state index in [2.05, 4.69) is 10.2 Å². The Hall–Kier alpha value is -3.02. The van der Waals surface area contributed by atoms with Crippen molar-refractivity contribution in [1.29, 1.82) is 0 Å². The summed E-state index contributed by atoms with van der Waals surface area (Å²) in [5.41, 5.74) is 2.95. The number of amidine groups is 1. The lowest BCUT2D eigenvalue weighted by molar-refractivity contribution is 0.167. The van der Waals surface area contributed by atoms with Crippen molar-refractivity contribution in [1.82, 2.24) is 15.1 Å². The van der Waals surface area contributed by atoms with Gasteiger partial charge in [0.05, 0.1) is 5.56 Å². The molecule has 0 saturated carbocycles. The average Bonchev–Trinajstić information content (AvgIpc) is 2.84. The molecule has 2 aliphatic rings. The van der Waals surface area contributed by atoms with Gasteiger partial charge in [-0.15, -0.1) is 0 Å². The molecule has 2 aliphatic heterocycles. The number of carbonyl (C=O) groups excluding carboxylic acids is 1. The van der Waals surface area contributed by atoms with Crippen molar-refractivity contribution in [2.45, 2.75) is 26.8 Å². The molecule has 1 saturated heterocycles. The number of amides is 2. The number of hydrogen-bond acceptors (Lipinski definition) is 4. The van der Waals surface area contributed by atoms with Gasteiger partial charge in [-0.2, -0.15) is 0 Å². The van der Waals surface area contributed by atoms with Gasteiger partial charge in [-0.3, -0.25) is 0 Å². The van der Waals surface area contributed by atoms with Crippen LogP contribution in [0.15, 0.2) is 47.5 Å². The third kappa shape index (κ3) is 3.67. The number of nitrogens with one attached hydrogen (secondary N) is 1. The van der Waals surface area contributed by atoms with E-state index in [1.807, 2.05) is 68.1 Å². The number of rotatable bonds is 1. The van der Waals surface area contributed by atoms with E-state index in [1.54, 1.807) is 0 Å². The summed E-state index contributed by atoms with van der Waals surface area (Å²) < 4.78 is 6.19. The van der Waals surface area contributed by atoms with Gasteiger partial charge in [0.25, 0.3) is 0 Å². The van der Waals surface area contributed by atoms with Gasteiger partial charge in [-0.05, 0) is 50.6 Å². The standard InChI is InChI=1S/C22H26N4O2/c1-15(2)23-22(27)26-12-10-25(11-13-26)21-17-6-4-5-7-19(17)28-20-14-16(3)8-9-18(20)24-21/h4-9,14-15H,10-13H2,1-3H3,(H,23,27). The quantitative estimate of drug-likeness (QED) is 0.818. The molecule has 0 unspecified atom stereocenters. The lowest BCUT2D eigenvalue weighted by Gasteiger charge is -2.36. The van der Waals surface area contributed by atoms with Crippen LogP contribution in [0.5, 0.6) is 11.5 Å². The molecule has 0 bridgehead atoms. The number of piperazine rings is 1. The van der Waals surface area contributed by atoms with Crippen molar-refractivity contribution >= 4 is 17.6 Å². The Morgan fingerprint density at radius 2 is 1.82 bits per heavy atom. The molecule has 2 heterocycles. The van der Waals surface area contributed by atoms with E-state index in [9.17, 15) is 4.79 Å². The van der Waals surface area contributed by atoms with Crippen LogP contribution in [0.2, 0.25) is 0 Å². The Bertz CT molecular complexity index is 915. The minimum atomic E-state index is 0.00186. The van der Waals surface area contributed by atoms with Crippen LogP contribution in [0.4, 0.5) is 10.5 Å². The van der Waals surface area contributed by atoms with Crippen LogP contribution in [-0.4, -0.2) is 53.9 Å². The molecule has 0 radical (unpaired) electrons. The van der Waals surface area contributed by atoms with Crippen LogP contribution in [-0.2, 0) is 0 Å². The first kappa shape index (κ1) is 18.3. The highest BCUT2D eigenvalue weighted by atomic mass is 16.5. The summed E-state index contributed by atoms with van der Waals surface area (Å²) in [6.45, 7) is 8.81. The Labute approximate surface area is 165 Å². The van der Waals surface area contributed by atoms with Crippen LogP contribution in [0.3, 0.4) is 0 Å². The van der Waals surface area contributed by atoms with Gasteiger partial charge >= 0.3 is 6.03 Å². The van der Waals surface area contributed by atoms with E-state index in [-0.39, 0.29) is 12.1 Å². The van der Waals surface area contributed by atoms with E-state index in [0.29, 0.717) is 13.1 Å². The Morgan fingerprint density at radius 3 is 2.57 bits per heavy atom. The number of nitrogens with zero attached hydrogens (tertiary/aromatic N) is 3. The van der Waals surface area contributed by atoms with Crippen LogP contribution < -0.4 is 10.1 Å². The van der Waals surface area contributed by atoms with Crippen molar-refractivity contribution in [2.24, 2.45) is 4.99 Å². The van der Waals surface area contributed by atoms with E-state index < -0.39 is 0 Å². The van der Waals surface area contributed by atoms with E-state index >= 15 is 0 Å². The number of aryl methyl sites for hydroxylation is 1. The third-order valence-corrected chi connectivity index (χ3v) is 4.97. The fraction of sp³-hybridized carbons (Fsp3) is 0.364. The number of benzene rings is 2. The number of aliphatic imine (C=N–C) groups is 1. The minimum absolute atomic E-state index is 0.00186. The Kier molecular flexibility index (Phi) is 4.94. The molecule has 28 heavy (non-hydrogen) atoms. The zero-order valence-electron chi connectivity index (χ0n) is 16.6. The van der Waals surface area contributed by atoms with E-state index in [0.717, 1.165) is 47.2 Å². The largest absolute Gasteiger partial charge is 0.454 e. The number of para-hydroxylation sites is 1. The van der Waals surface area contributed by atoms with Crippen LogP contribution >= 0.6 is 0 Å². The lowest BCUT2D eigenvalue weighted by Crippen LogP contribution is -2.54.